The van der Waals surface area contributed by atoms with Crippen LogP contribution in [0.4, 0.5) is 18.9 Å². The van der Waals surface area contributed by atoms with Crippen molar-refractivity contribution in [3.63, 3.8) is 0 Å². The highest BCUT2D eigenvalue weighted by atomic mass is 35.5. The van der Waals surface area contributed by atoms with Gasteiger partial charge in [0.05, 0.1) is 23.9 Å². The molecule has 3 amide bonds. The summed E-state index contributed by atoms with van der Waals surface area (Å²) in [4.78, 5) is 36.4. The summed E-state index contributed by atoms with van der Waals surface area (Å²) < 4.78 is 49.4. The highest BCUT2D eigenvalue weighted by Crippen LogP contribution is 2.36. The number of carbonyl (C=O) groups is 3. The number of benzene rings is 3. The van der Waals surface area contributed by atoms with Crippen molar-refractivity contribution in [2.24, 2.45) is 5.10 Å². The lowest BCUT2D eigenvalue weighted by molar-refractivity contribution is -0.139. The third-order valence-electron chi connectivity index (χ3n) is 5.76. The molecule has 3 N–H and O–H groups in total. The zero-order valence-corrected chi connectivity index (χ0v) is 23.6. The van der Waals surface area contributed by atoms with Gasteiger partial charge in [-0.05, 0) is 52.9 Å². The number of hydrazone groups is 1. The molecule has 0 aromatic heterocycles. The van der Waals surface area contributed by atoms with E-state index >= 15 is 0 Å². The number of anilines is 1. The Bertz CT molecular complexity index is 1460. The molecule has 13 heteroatoms. The fourth-order valence-corrected chi connectivity index (χ4v) is 3.84. The van der Waals surface area contributed by atoms with E-state index in [2.05, 4.69) is 35.0 Å². The average Bonchev–Trinajstić information content (AvgIpc) is 2.94. The van der Waals surface area contributed by atoms with Gasteiger partial charge in [0.1, 0.15) is 0 Å². The summed E-state index contributed by atoms with van der Waals surface area (Å²) in [6.45, 7) is 3.74. The molecule has 0 aliphatic rings. The Balaban J connectivity index is 1.54. The Morgan fingerprint density at radius 1 is 1.02 bits per heavy atom. The van der Waals surface area contributed by atoms with Crippen molar-refractivity contribution in [2.75, 3.05) is 19.0 Å². The second kappa shape index (κ2) is 14.4. The molecule has 0 atom stereocenters. The van der Waals surface area contributed by atoms with Crippen LogP contribution >= 0.6 is 11.6 Å². The van der Waals surface area contributed by atoms with Crippen molar-refractivity contribution in [1.82, 2.24) is 10.7 Å². The van der Waals surface area contributed by atoms with Crippen molar-refractivity contribution in [2.45, 2.75) is 32.5 Å². The topological polar surface area (TPSA) is 118 Å². The van der Waals surface area contributed by atoms with Crippen LogP contribution in [0.1, 0.15) is 42.0 Å². The number of rotatable bonds is 10. The van der Waals surface area contributed by atoms with Gasteiger partial charge >= 0.3 is 18.0 Å². The molecule has 0 bridgehead atoms. The minimum absolute atomic E-state index is 0.000323. The van der Waals surface area contributed by atoms with Crippen molar-refractivity contribution < 1.29 is 37.0 Å². The third kappa shape index (κ3) is 9.23. The normalized spacial score (nSPS) is 11.3. The van der Waals surface area contributed by atoms with Gasteiger partial charge in [-0.25, -0.2) is 5.43 Å². The van der Waals surface area contributed by atoms with Gasteiger partial charge in [-0.2, -0.15) is 18.3 Å². The molecule has 0 saturated carbocycles. The van der Waals surface area contributed by atoms with Crippen molar-refractivity contribution >= 4 is 41.2 Å². The Morgan fingerprint density at radius 2 is 1.74 bits per heavy atom. The predicted molar refractivity (Wildman–Crippen MR) is 152 cm³/mol. The largest absolute Gasteiger partial charge is 0.493 e. The van der Waals surface area contributed by atoms with E-state index in [-0.39, 0.29) is 28.8 Å². The maximum absolute atomic E-state index is 12.9. The first kappa shape index (κ1) is 31.9. The number of nitrogens with one attached hydrogen (secondary N) is 3. The third-order valence-corrected chi connectivity index (χ3v) is 6.04. The molecule has 3 rings (SSSR count). The molecule has 0 unspecified atom stereocenters. The Morgan fingerprint density at radius 3 is 2.38 bits per heavy atom. The Kier molecular flexibility index (Phi) is 10.9. The Labute approximate surface area is 245 Å². The molecule has 3 aromatic rings. The van der Waals surface area contributed by atoms with Gasteiger partial charge in [-0.15, -0.1) is 0 Å². The number of halogens is 4. The van der Waals surface area contributed by atoms with E-state index in [0.29, 0.717) is 11.5 Å². The van der Waals surface area contributed by atoms with E-state index in [1.807, 2.05) is 24.3 Å². The van der Waals surface area contributed by atoms with E-state index < -0.39 is 36.1 Å². The number of nitrogens with zero attached hydrogens (tertiary/aromatic N) is 1. The zero-order valence-electron chi connectivity index (χ0n) is 22.8. The molecule has 222 valence electrons. The van der Waals surface area contributed by atoms with Crippen LogP contribution in [-0.4, -0.2) is 37.7 Å². The molecule has 3 aromatic carbocycles. The first-order valence-corrected chi connectivity index (χ1v) is 12.9. The van der Waals surface area contributed by atoms with Crippen LogP contribution in [0.3, 0.4) is 0 Å². The van der Waals surface area contributed by atoms with Crippen LogP contribution in [0.25, 0.3) is 0 Å². The molecular weight excluding hydrogens is 577 g/mol. The second-order valence-electron chi connectivity index (χ2n) is 9.23. The molecular formula is C29H28ClF3N4O5. The fraction of sp³-hybridized carbons (Fsp3) is 0.241. The fourth-order valence-electron chi connectivity index (χ4n) is 3.56. The summed E-state index contributed by atoms with van der Waals surface area (Å²) in [7, 11) is 1.32. The number of hydrogen-bond donors (Lipinski definition) is 3. The van der Waals surface area contributed by atoms with Gasteiger partial charge in [0, 0.05) is 12.2 Å². The first-order valence-electron chi connectivity index (χ1n) is 12.5. The van der Waals surface area contributed by atoms with E-state index in [1.165, 1.54) is 37.6 Å². The number of methoxy groups -OCH3 is 1. The highest BCUT2D eigenvalue weighted by molar-refractivity contribution is 6.35. The average molecular weight is 605 g/mol. The van der Waals surface area contributed by atoms with Gasteiger partial charge in [-0.1, -0.05) is 55.8 Å². The Hall–Kier alpha value is -4.58. The van der Waals surface area contributed by atoms with Gasteiger partial charge < -0.3 is 20.1 Å². The van der Waals surface area contributed by atoms with Crippen LogP contribution in [0.5, 0.6) is 11.5 Å². The first-order chi connectivity index (χ1) is 19.9. The lowest BCUT2D eigenvalue weighted by atomic mass is 10.0. The minimum atomic E-state index is -4.56. The van der Waals surface area contributed by atoms with E-state index in [0.717, 1.165) is 23.3 Å². The van der Waals surface area contributed by atoms with Gasteiger partial charge in [0.25, 0.3) is 5.91 Å². The summed E-state index contributed by atoms with van der Waals surface area (Å²) in [5.41, 5.74) is 3.51. The molecule has 0 saturated heterocycles. The molecule has 0 aliphatic carbocycles. The van der Waals surface area contributed by atoms with Crippen LogP contribution in [0.2, 0.25) is 5.02 Å². The maximum Gasteiger partial charge on any atom is 0.416 e. The SMILES string of the molecule is COc1cc(/C=N\NC(=O)C(=O)NCc2ccc(C(C)C)cc2)cc(Cl)c1OCC(=O)Nc1cccc(C(F)(F)F)c1. The van der Waals surface area contributed by atoms with Gasteiger partial charge in [-0.3, -0.25) is 14.4 Å². The number of hydrogen-bond acceptors (Lipinski definition) is 6. The molecule has 0 spiro atoms. The molecule has 0 aliphatic heterocycles. The molecule has 0 radical (unpaired) electrons. The highest BCUT2D eigenvalue weighted by Gasteiger charge is 2.30. The minimum Gasteiger partial charge on any atom is -0.493 e. The predicted octanol–water partition coefficient (Wildman–Crippen LogP) is 5.27. The van der Waals surface area contributed by atoms with Gasteiger partial charge in [0.15, 0.2) is 18.1 Å². The summed E-state index contributed by atoms with van der Waals surface area (Å²) in [6.07, 6.45) is -3.34. The molecule has 42 heavy (non-hydrogen) atoms. The number of carbonyl (C=O) groups excluding carboxylic acids is 3. The smallest absolute Gasteiger partial charge is 0.416 e. The number of ether oxygens (including phenoxy) is 2. The standard InChI is InChI=1S/C29H28ClF3N4O5/c1-17(2)20-9-7-18(8-10-20)14-34-27(39)28(40)37-35-15-19-11-23(30)26(24(12-19)41-3)42-16-25(38)36-22-6-4-5-21(13-22)29(31,32)33/h4-13,15,17H,14,16H2,1-3H3,(H,34,39)(H,36,38)(H,37,40)/b35-15-. The number of amides is 3. The maximum atomic E-state index is 12.9. The molecule has 9 nitrogen and oxygen atoms in total. The van der Waals surface area contributed by atoms with Gasteiger partial charge in [0.2, 0.25) is 0 Å². The molecule has 0 heterocycles. The number of alkyl halides is 3. The summed E-state index contributed by atoms with van der Waals surface area (Å²) in [5.74, 6) is -2.09. The zero-order chi connectivity index (χ0) is 30.9. The van der Waals surface area contributed by atoms with Crippen LogP contribution < -0.4 is 25.5 Å². The van der Waals surface area contributed by atoms with Crippen molar-refractivity contribution in [3.8, 4) is 11.5 Å². The van der Waals surface area contributed by atoms with Crippen LogP contribution in [-0.2, 0) is 27.1 Å². The lowest BCUT2D eigenvalue weighted by Gasteiger charge is -2.14. The van der Waals surface area contributed by atoms with E-state index in [4.69, 9.17) is 21.1 Å². The van der Waals surface area contributed by atoms with Crippen molar-refractivity contribution in [1.29, 1.82) is 0 Å². The molecule has 0 fully saturated rings. The van der Waals surface area contributed by atoms with E-state index in [9.17, 15) is 27.6 Å². The summed E-state index contributed by atoms with van der Waals surface area (Å²) >= 11 is 6.27. The summed E-state index contributed by atoms with van der Waals surface area (Å²) in [5, 5.41) is 8.62. The lowest BCUT2D eigenvalue weighted by Crippen LogP contribution is -2.37. The monoisotopic (exact) mass is 604 g/mol. The summed E-state index contributed by atoms with van der Waals surface area (Å²) in [6, 6.07) is 14.7. The van der Waals surface area contributed by atoms with Crippen LogP contribution in [0, 0.1) is 0 Å². The quantitative estimate of drug-likeness (QED) is 0.165. The second-order valence-corrected chi connectivity index (χ2v) is 9.63. The van der Waals surface area contributed by atoms with E-state index in [1.54, 1.807) is 0 Å². The van der Waals surface area contributed by atoms with Crippen LogP contribution in [0.15, 0.2) is 65.8 Å². The van der Waals surface area contributed by atoms with Crippen molar-refractivity contribution in [3.05, 3.63) is 87.9 Å².